The summed E-state index contributed by atoms with van der Waals surface area (Å²) in [6.07, 6.45) is 29.0. The summed E-state index contributed by atoms with van der Waals surface area (Å²) < 4.78 is 46.1. The zero-order chi connectivity index (χ0) is 73.9. The van der Waals surface area contributed by atoms with E-state index < -0.39 is 35.4 Å². The van der Waals surface area contributed by atoms with Crippen LogP contribution in [0.3, 0.4) is 0 Å². The second-order valence-electron chi connectivity index (χ2n) is 30.1. The summed E-state index contributed by atoms with van der Waals surface area (Å²) in [5.74, 6) is -1.01. The molecule has 0 saturated heterocycles. The highest BCUT2D eigenvalue weighted by Gasteiger charge is 2.43. The van der Waals surface area contributed by atoms with E-state index in [-0.39, 0.29) is 60.9 Å². The third kappa shape index (κ3) is 22.9. The Morgan fingerprint density at radius 1 is 0.400 bits per heavy atom. The van der Waals surface area contributed by atoms with E-state index in [4.69, 9.17) is 37.9 Å². The van der Waals surface area contributed by atoms with Crippen LogP contribution in [0.4, 0.5) is 0 Å². The van der Waals surface area contributed by atoms with Crippen LogP contribution in [0.15, 0.2) is 141 Å². The molecule has 562 valence electrons. The maximum Gasteiger partial charge on any atom is 0.339 e. The molecule has 0 spiro atoms. The Balaban J connectivity index is 0.772. The molecule has 5 aliphatic rings. The summed E-state index contributed by atoms with van der Waals surface area (Å²) in [5.41, 5.74) is 6.23. The summed E-state index contributed by atoms with van der Waals surface area (Å²) in [5, 5.41) is 0. The Bertz CT molecular complexity index is 3660. The van der Waals surface area contributed by atoms with Crippen molar-refractivity contribution in [2.45, 2.75) is 225 Å². The molecule has 0 amide bonds. The number of carbonyl (C=O) groups excluding carboxylic acids is 8. The van der Waals surface area contributed by atoms with E-state index in [0.29, 0.717) is 149 Å². The lowest BCUT2D eigenvalue weighted by atomic mass is 9.66. The maximum atomic E-state index is 14.4. The SMILES string of the molecule is C=CC(=O)OCCCCCOC(=O)C1CCC(C(=O)Oc2ccc(C(=O)OC3(c4ccc(-c5ccc(-c6ccc(-c7cc(C(=O)OC8CCC(CCCCC)CC8)ccc7OC(=O)C7CCC(C(=O)OCCCCOC(=O)C=C)CC7)cc6)cc5)cc4)CCC(C4CCC(CCC)CC4)CC3)cc2)CC1. The molecule has 5 aromatic carbocycles. The van der Waals surface area contributed by atoms with Crippen molar-refractivity contribution in [3.05, 3.63) is 157 Å². The van der Waals surface area contributed by atoms with E-state index in [0.717, 1.165) is 96.4 Å². The Morgan fingerprint density at radius 3 is 1.34 bits per heavy atom. The lowest BCUT2D eigenvalue weighted by Crippen LogP contribution is -2.38. The third-order valence-corrected chi connectivity index (χ3v) is 23.0. The zero-order valence-corrected chi connectivity index (χ0v) is 62.0. The van der Waals surface area contributed by atoms with Crippen molar-refractivity contribution in [3.63, 3.8) is 0 Å². The molecule has 105 heavy (non-hydrogen) atoms. The van der Waals surface area contributed by atoms with Crippen molar-refractivity contribution in [2.75, 3.05) is 26.4 Å². The van der Waals surface area contributed by atoms with Gasteiger partial charge in [-0.2, -0.15) is 0 Å². The Morgan fingerprint density at radius 2 is 0.838 bits per heavy atom. The third-order valence-electron chi connectivity index (χ3n) is 23.0. The summed E-state index contributed by atoms with van der Waals surface area (Å²) in [6.45, 7) is 12.3. The number of carbonyl (C=O) groups is 8. The van der Waals surface area contributed by atoms with Crippen LogP contribution in [0.2, 0.25) is 0 Å². The topological polar surface area (TPSA) is 210 Å². The average molecular weight is 1440 g/mol. The normalized spacial score (nSPS) is 23.1. The highest BCUT2D eigenvalue weighted by molar-refractivity contribution is 5.93. The summed E-state index contributed by atoms with van der Waals surface area (Å²) in [7, 11) is 0. The predicted molar refractivity (Wildman–Crippen MR) is 403 cm³/mol. The van der Waals surface area contributed by atoms with Gasteiger partial charge in [-0.25, -0.2) is 19.2 Å². The van der Waals surface area contributed by atoms with Gasteiger partial charge in [-0.1, -0.05) is 151 Å². The van der Waals surface area contributed by atoms with Crippen molar-refractivity contribution in [3.8, 4) is 44.9 Å². The molecule has 5 saturated carbocycles. The van der Waals surface area contributed by atoms with Gasteiger partial charge in [0.15, 0.2) is 0 Å². The molecule has 0 heterocycles. The lowest BCUT2D eigenvalue weighted by Gasteiger charge is -2.43. The van der Waals surface area contributed by atoms with Gasteiger partial charge in [0.2, 0.25) is 0 Å². The van der Waals surface area contributed by atoms with E-state index in [1.54, 1.807) is 42.5 Å². The quantitative estimate of drug-likeness (QED) is 0.0123. The minimum absolute atomic E-state index is 0.150. The summed E-state index contributed by atoms with van der Waals surface area (Å²) in [4.78, 5) is 104. The number of hydrogen-bond acceptors (Lipinski definition) is 16. The van der Waals surface area contributed by atoms with Gasteiger partial charge < -0.3 is 37.9 Å². The fourth-order valence-electron chi connectivity index (χ4n) is 16.5. The molecule has 0 bridgehead atoms. The number of hydrogen-bond donors (Lipinski definition) is 0. The first-order chi connectivity index (χ1) is 51.1. The molecule has 0 aromatic heterocycles. The maximum absolute atomic E-state index is 14.4. The fraction of sp³-hybridized carbons (Fsp3) is 0.528. The van der Waals surface area contributed by atoms with E-state index >= 15 is 0 Å². The minimum Gasteiger partial charge on any atom is -0.465 e. The van der Waals surface area contributed by atoms with Crippen LogP contribution in [-0.2, 0) is 62.8 Å². The second-order valence-corrected chi connectivity index (χ2v) is 30.1. The highest BCUT2D eigenvalue weighted by Crippen LogP contribution is 2.49. The van der Waals surface area contributed by atoms with Crippen LogP contribution >= 0.6 is 0 Å². The molecule has 0 aliphatic heterocycles. The van der Waals surface area contributed by atoms with Crippen LogP contribution < -0.4 is 9.47 Å². The Kier molecular flexibility index (Phi) is 30.2. The van der Waals surface area contributed by atoms with Crippen LogP contribution in [0.5, 0.6) is 11.5 Å². The van der Waals surface area contributed by atoms with E-state index in [9.17, 15) is 38.4 Å². The van der Waals surface area contributed by atoms with Gasteiger partial charge in [-0.3, -0.25) is 19.2 Å². The van der Waals surface area contributed by atoms with Gasteiger partial charge in [0.05, 0.1) is 61.2 Å². The largest absolute Gasteiger partial charge is 0.465 e. The molecular weight excluding hydrogens is 1320 g/mol. The van der Waals surface area contributed by atoms with Crippen LogP contribution in [-0.4, -0.2) is 80.3 Å². The number of esters is 8. The first-order valence-corrected chi connectivity index (χ1v) is 39.5. The van der Waals surface area contributed by atoms with Gasteiger partial charge in [-0.15, -0.1) is 0 Å². The molecular formula is C89H110O16. The highest BCUT2D eigenvalue weighted by atomic mass is 16.6. The molecule has 16 nitrogen and oxygen atoms in total. The standard InChI is InChI=1S/C89H110O16/c1-5-9-11-17-62-20-47-77(48-21-62)103-87(96)75-44-51-80(104-86(95)73-38-34-71(35-39-73)84(93)101-59-15-14-57-99-82(91)8-4)79(60-75)69-30-28-66(29-31-69)64-24-26-65(27-25-64)67-40-45-76(46-41-67)89(54-52-68(53-55-89)63-22-18-61(16-6-2)19-23-63)105-88(97)74-42-49-78(50-43-74)102-85(94)72-36-32-70(33-37-72)83(92)100-58-13-10-12-56-98-81(90)7-3/h7-8,24-31,40-46,49-51,60-63,68,70-73,77H,3-6,9-23,32-39,47-48,52-59H2,1-2H3. The van der Waals surface area contributed by atoms with Gasteiger partial charge in [0, 0.05) is 17.7 Å². The number of unbranched alkanes of at least 4 members (excludes halogenated alkanes) is 5. The molecule has 5 aromatic rings. The molecule has 0 radical (unpaired) electrons. The molecule has 10 rings (SSSR count). The number of benzene rings is 5. The molecule has 5 aliphatic carbocycles. The van der Waals surface area contributed by atoms with Crippen LogP contribution in [0.1, 0.15) is 239 Å². The lowest BCUT2D eigenvalue weighted by molar-refractivity contribution is -0.152. The first kappa shape index (κ1) is 78.9. The number of ether oxygens (including phenoxy) is 8. The summed E-state index contributed by atoms with van der Waals surface area (Å²) >= 11 is 0. The smallest absolute Gasteiger partial charge is 0.339 e. The first-order valence-electron chi connectivity index (χ1n) is 39.5. The van der Waals surface area contributed by atoms with Crippen LogP contribution in [0.25, 0.3) is 33.4 Å². The van der Waals surface area contributed by atoms with E-state index in [1.165, 1.54) is 64.2 Å². The molecule has 0 atom stereocenters. The number of rotatable bonds is 34. The van der Waals surface area contributed by atoms with Gasteiger partial charge in [0.25, 0.3) is 0 Å². The fourth-order valence-corrected chi connectivity index (χ4v) is 16.5. The monoisotopic (exact) mass is 1430 g/mol. The second kappa shape index (κ2) is 40.2. The molecule has 5 fully saturated rings. The van der Waals surface area contributed by atoms with Gasteiger partial charge in [0.1, 0.15) is 23.2 Å². The molecule has 0 N–H and O–H groups in total. The van der Waals surface area contributed by atoms with Crippen molar-refractivity contribution < 1.29 is 76.3 Å². The summed E-state index contributed by atoms with van der Waals surface area (Å²) in [6, 6.07) is 36.7. The van der Waals surface area contributed by atoms with Crippen molar-refractivity contribution >= 4 is 47.8 Å². The minimum atomic E-state index is -0.839. The van der Waals surface area contributed by atoms with E-state index in [2.05, 4.69) is 75.5 Å². The van der Waals surface area contributed by atoms with Crippen molar-refractivity contribution in [1.29, 1.82) is 0 Å². The average Bonchev–Trinajstić information content (AvgIpc) is 0.781. The van der Waals surface area contributed by atoms with Gasteiger partial charge in [-0.05, 0) is 247 Å². The zero-order valence-electron chi connectivity index (χ0n) is 62.0. The van der Waals surface area contributed by atoms with E-state index in [1.807, 2.05) is 24.3 Å². The predicted octanol–water partition coefficient (Wildman–Crippen LogP) is 19.8. The van der Waals surface area contributed by atoms with Crippen LogP contribution in [0, 0.1) is 47.3 Å². The Labute approximate surface area is 621 Å². The van der Waals surface area contributed by atoms with Gasteiger partial charge >= 0.3 is 47.8 Å². The molecule has 16 heteroatoms. The molecule has 0 unspecified atom stereocenters. The van der Waals surface area contributed by atoms with Crippen molar-refractivity contribution in [1.82, 2.24) is 0 Å². The van der Waals surface area contributed by atoms with Crippen molar-refractivity contribution in [2.24, 2.45) is 47.3 Å². The Hall–Kier alpha value is -8.66.